The number of benzene rings is 3. The predicted octanol–water partition coefficient (Wildman–Crippen LogP) is 2.47. The van der Waals surface area contributed by atoms with Crippen molar-refractivity contribution in [3.8, 4) is 11.5 Å². The molecule has 0 saturated heterocycles. The zero-order valence-electron chi connectivity index (χ0n) is 17.0. The van der Waals surface area contributed by atoms with E-state index in [4.69, 9.17) is 9.47 Å². The quantitative estimate of drug-likeness (QED) is 0.492. The monoisotopic (exact) mass is 471 g/mol. The van der Waals surface area contributed by atoms with Gasteiger partial charge in [-0.1, -0.05) is 0 Å². The summed E-state index contributed by atoms with van der Waals surface area (Å²) < 4.78 is 51.5. The molecule has 0 fully saturated rings. The number of ether oxygens (including phenoxy) is 2. The first-order valence-electron chi connectivity index (χ1n) is 9.71. The highest BCUT2D eigenvalue weighted by Gasteiger charge is 2.20. The molecule has 1 aliphatic heterocycles. The molecule has 0 saturated carbocycles. The summed E-state index contributed by atoms with van der Waals surface area (Å²) in [5.41, 5.74) is 5.04. The molecule has 1 heterocycles. The van der Waals surface area contributed by atoms with Crippen LogP contribution in [0.4, 0.5) is 10.1 Å². The second-order valence-corrected chi connectivity index (χ2v) is 8.59. The van der Waals surface area contributed by atoms with Gasteiger partial charge < -0.3 is 9.47 Å². The van der Waals surface area contributed by atoms with Crippen LogP contribution in [0.2, 0.25) is 0 Å². The van der Waals surface area contributed by atoms with Crippen LogP contribution in [-0.2, 0) is 10.0 Å². The van der Waals surface area contributed by atoms with Gasteiger partial charge >= 0.3 is 0 Å². The fraction of sp³-hybridized carbons (Fsp3) is 0.0909. The fourth-order valence-corrected chi connectivity index (χ4v) is 4.03. The number of halogens is 1. The van der Waals surface area contributed by atoms with E-state index < -0.39 is 27.7 Å². The minimum Gasteiger partial charge on any atom is -0.486 e. The van der Waals surface area contributed by atoms with Gasteiger partial charge in [0.05, 0.1) is 4.90 Å². The van der Waals surface area contributed by atoms with Crippen LogP contribution in [0.15, 0.2) is 71.6 Å². The van der Waals surface area contributed by atoms with Gasteiger partial charge in [-0.15, -0.1) is 0 Å². The van der Waals surface area contributed by atoms with Crippen LogP contribution in [0, 0.1) is 5.82 Å². The molecule has 3 N–H and O–H groups in total. The topological polar surface area (TPSA) is 123 Å². The lowest BCUT2D eigenvalue weighted by Gasteiger charge is -2.19. The van der Waals surface area contributed by atoms with Gasteiger partial charge in [-0.25, -0.2) is 12.8 Å². The second-order valence-electron chi connectivity index (χ2n) is 6.90. The number of hydrogen-bond donors (Lipinski definition) is 3. The maximum absolute atomic E-state index is 12.9. The Morgan fingerprint density at radius 3 is 1.91 bits per heavy atom. The number of hydrogen-bond acceptors (Lipinski definition) is 6. The molecule has 4 rings (SSSR count). The molecule has 0 atom stereocenters. The molecule has 0 aliphatic carbocycles. The Labute approximate surface area is 188 Å². The lowest BCUT2D eigenvalue weighted by atomic mass is 10.2. The Bertz CT molecular complexity index is 1290. The first-order valence-corrected chi connectivity index (χ1v) is 11.2. The van der Waals surface area contributed by atoms with E-state index in [0.717, 1.165) is 12.1 Å². The summed E-state index contributed by atoms with van der Waals surface area (Å²) in [6.07, 6.45) is 0. The van der Waals surface area contributed by atoms with Crippen LogP contribution >= 0.6 is 0 Å². The number of rotatable bonds is 5. The lowest BCUT2D eigenvalue weighted by molar-refractivity contribution is 0.0846. The van der Waals surface area contributed by atoms with Gasteiger partial charge in [-0.05, 0) is 60.7 Å². The van der Waals surface area contributed by atoms with Crippen molar-refractivity contribution in [3.63, 3.8) is 0 Å². The van der Waals surface area contributed by atoms with Gasteiger partial charge in [0.1, 0.15) is 19.0 Å². The molecular weight excluding hydrogens is 453 g/mol. The molecule has 11 heteroatoms. The van der Waals surface area contributed by atoms with Crippen LogP contribution in [0.3, 0.4) is 0 Å². The summed E-state index contributed by atoms with van der Waals surface area (Å²) >= 11 is 0. The number of carbonyl (C=O) groups is 2. The van der Waals surface area contributed by atoms with Crippen molar-refractivity contribution in [2.75, 3.05) is 17.9 Å². The van der Waals surface area contributed by atoms with Gasteiger partial charge in [0.15, 0.2) is 11.5 Å². The van der Waals surface area contributed by atoms with E-state index in [1.807, 2.05) is 0 Å². The molecule has 0 aromatic heterocycles. The standard InChI is InChI=1S/C22H18FN3O6S/c23-16-5-1-14(2-6-16)21(27)24-25-22(28)15-3-7-17(8-4-15)26-33(29,30)18-9-10-19-20(13-18)32-12-11-31-19/h1-10,13,26H,11-12H2,(H,24,27)(H,25,28). The van der Waals surface area contributed by atoms with Crippen molar-refractivity contribution >= 4 is 27.5 Å². The van der Waals surface area contributed by atoms with E-state index in [9.17, 15) is 22.4 Å². The fourth-order valence-electron chi connectivity index (χ4n) is 2.95. The van der Waals surface area contributed by atoms with Crippen LogP contribution in [0.5, 0.6) is 11.5 Å². The molecule has 9 nitrogen and oxygen atoms in total. The number of hydrazine groups is 1. The molecule has 0 spiro atoms. The van der Waals surface area contributed by atoms with Gasteiger partial charge in [0.25, 0.3) is 21.8 Å². The first kappa shape index (κ1) is 22.1. The second kappa shape index (κ2) is 9.17. The van der Waals surface area contributed by atoms with E-state index in [-0.39, 0.29) is 21.7 Å². The van der Waals surface area contributed by atoms with E-state index in [2.05, 4.69) is 15.6 Å². The highest BCUT2D eigenvalue weighted by molar-refractivity contribution is 7.92. The van der Waals surface area contributed by atoms with Crippen molar-refractivity contribution in [1.82, 2.24) is 10.9 Å². The Morgan fingerprint density at radius 1 is 0.758 bits per heavy atom. The molecule has 3 aromatic carbocycles. The molecule has 0 radical (unpaired) electrons. The van der Waals surface area contributed by atoms with Gasteiger partial charge in [0.2, 0.25) is 0 Å². The predicted molar refractivity (Wildman–Crippen MR) is 116 cm³/mol. The molecule has 170 valence electrons. The highest BCUT2D eigenvalue weighted by Crippen LogP contribution is 2.32. The van der Waals surface area contributed by atoms with E-state index in [0.29, 0.717) is 24.7 Å². The van der Waals surface area contributed by atoms with Crippen LogP contribution in [0.25, 0.3) is 0 Å². The van der Waals surface area contributed by atoms with E-state index in [1.54, 1.807) is 0 Å². The molecule has 0 bridgehead atoms. The summed E-state index contributed by atoms with van der Waals surface area (Å²) in [5.74, 6) is -0.903. The van der Waals surface area contributed by atoms with Crippen LogP contribution in [0.1, 0.15) is 20.7 Å². The lowest BCUT2D eigenvalue weighted by Crippen LogP contribution is -2.41. The SMILES string of the molecule is O=C(NNC(=O)c1ccc(NS(=O)(=O)c2ccc3c(c2)OCCO3)cc1)c1ccc(F)cc1. The van der Waals surface area contributed by atoms with Crippen LogP contribution < -0.4 is 25.0 Å². The Morgan fingerprint density at radius 2 is 1.30 bits per heavy atom. The van der Waals surface area contributed by atoms with Gasteiger partial charge in [-0.2, -0.15) is 0 Å². The Balaban J connectivity index is 1.38. The summed E-state index contributed by atoms with van der Waals surface area (Å²) in [6, 6.07) is 14.7. The van der Waals surface area contributed by atoms with E-state index >= 15 is 0 Å². The largest absolute Gasteiger partial charge is 0.486 e. The van der Waals surface area contributed by atoms with Crippen molar-refractivity contribution in [2.45, 2.75) is 4.90 Å². The number of sulfonamides is 1. The third-order valence-corrected chi connectivity index (χ3v) is 6.00. The van der Waals surface area contributed by atoms with Crippen molar-refractivity contribution in [1.29, 1.82) is 0 Å². The maximum atomic E-state index is 12.9. The zero-order valence-corrected chi connectivity index (χ0v) is 17.8. The normalized spacial score (nSPS) is 12.5. The van der Waals surface area contributed by atoms with Crippen molar-refractivity contribution < 1.29 is 31.9 Å². The van der Waals surface area contributed by atoms with Crippen molar-refractivity contribution in [3.05, 3.63) is 83.7 Å². The molecule has 0 unspecified atom stereocenters. The average Bonchev–Trinajstić information content (AvgIpc) is 2.82. The third-order valence-electron chi connectivity index (χ3n) is 4.62. The summed E-state index contributed by atoms with van der Waals surface area (Å²) in [6.45, 7) is 0.727. The van der Waals surface area contributed by atoms with Gasteiger partial charge in [0, 0.05) is 22.9 Å². The zero-order chi connectivity index (χ0) is 23.4. The number of nitrogens with one attached hydrogen (secondary N) is 3. The Kier molecular flexibility index (Phi) is 6.13. The highest BCUT2D eigenvalue weighted by atomic mass is 32.2. The average molecular weight is 471 g/mol. The van der Waals surface area contributed by atoms with Crippen LogP contribution in [-0.4, -0.2) is 33.4 Å². The molecule has 33 heavy (non-hydrogen) atoms. The number of carbonyl (C=O) groups excluding carboxylic acids is 2. The molecule has 3 aromatic rings. The number of anilines is 1. The number of amides is 2. The third kappa shape index (κ3) is 5.21. The molecule has 1 aliphatic rings. The minimum absolute atomic E-state index is 0.00271. The molecular formula is C22H18FN3O6S. The summed E-state index contributed by atoms with van der Waals surface area (Å²) in [7, 11) is -3.90. The van der Waals surface area contributed by atoms with E-state index in [1.165, 1.54) is 54.6 Å². The van der Waals surface area contributed by atoms with Gasteiger partial charge in [-0.3, -0.25) is 25.2 Å². The molecule has 2 amide bonds. The Hall–Kier alpha value is -4.12. The maximum Gasteiger partial charge on any atom is 0.269 e. The first-order chi connectivity index (χ1) is 15.8. The number of fused-ring (bicyclic) bond motifs is 1. The summed E-state index contributed by atoms with van der Waals surface area (Å²) in [4.78, 5) is 24.2. The smallest absolute Gasteiger partial charge is 0.269 e. The minimum atomic E-state index is -3.90. The summed E-state index contributed by atoms with van der Waals surface area (Å²) in [5, 5.41) is 0. The van der Waals surface area contributed by atoms with Crippen molar-refractivity contribution in [2.24, 2.45) is 0 Å².